The standard InChI is InChI=1S/C30H29NO6/c1-4-33-30(32)28-14-13-25(37-28)23-18-22(36-27-10-6-9-26-29(27)35-16-15-34-26)11-12-24(23)31-21-8-5-7-20(17-21)19(2)3/h5-14,17-19,31H,4,15-16H2,1-3H3. The molecule has 1 aliphatic heterocycles. The second-order valence-electron chi connectivity index (χ2n) is 8.88. The predicted molar refractivity (Wildman–Crippen MR) is 141 cm³/mol. The zero-order valence-electron chi connectivity index (χ0n) is 21.1. The van der Waals surface area contributed by atoms with Crippen LogP contribution >= 0.6 is 0 Å². The number of esters is 1. The summed E-state index contributed by atoms with van der Waals surface area (Å²) in [6.45, 7) is 7.30. The van der Waals surface area contributed by atoms with Gasteiger partial charge in [0.25, 0.3) is 0 Å². The number of benzene rings is 3. The summed E-state index contributed by atoms with van der Waals surface area (Å²) in [6, 6.07) is 22.9. The molecule has 2 heterocycles. The van der Waals surface area contributed by atoms with Gasteiger partial charge in [0.15, 0.2) is 11.5 Å². The molecule has 0 unspecified atom stereocenters. The van der Waals surface area contributed by atoms with E-state index >= 15 is 0 Å². The van der Waals surface area contributed by atoms with Crippen LogP contribution in [-0.4, -0.2) is 25.8 Å². The number of para-hydroxylation sites is 1. The van der Waals surface area contributed by atoms with Gasteiger partial charge in [0.2, 0.25) is 11.5 Å². The molecular weight excluding hydrogens is 470 g/mol. The molecule has 7 nitrogen and oxygen atoms in total. The molecule has 7 heteroatoms. The maximum absolute atomic E-state index is 12.2. The maximum atomic E-state index is 12.2. The van der Waals surface area contributed by atoms with E-state index in [4.69, 9.17) is 23.4 Å². The molecule has 1 aliphatic rings. The summed E-state index contributed by atoms with van der Waals surface area (Å²) in [4.78, 5) is 12.2. The van der Waals surface area contributed by atoms with Crippen molar-refractivity contribution in [2.24, 2.45) is 0 Å². The number of hydrogen-bond donors (Lipinski definition) is 1. The number of carbonyl (C=O) groups excluding carboxylic acids is 1. The van der Waals surface area contributed by atoms with Crippen molar-refractivity contribution in [1.82, 2.24) is 0 Å². The molecule has 0 atom stereocenters. The summed E-state index contributed by atoms with van der Waals surface area (Å²) in [6.07, 6.45) is 0. The van der Waals surface area contributed by atoms with Crippen LogP contribution < -0.4 is 19.5 Å². The van der Waals surface area contributed by atoms with Crippen LogP contribution in [0.3, 0.4) is 0 Å². The van der Waals surface area contributed by atoms with E-state index < -0.39 is 5.97 Å². The fraction of sp³-hybridized carbons (Fsp3) is 0.233. The molecule has 5 rings (SSSR count). The number of ether oxygens (including phenoxy) is 4. The van der Waals surface area contributed by atoms with Crippen LogP contribution in [-0.2, 0) is 4.74 Å². The van der Waals surface area contributed by atoms with E-state index in [9.17, 15) is 4.79 Å². The van der Waals surface area contributed by atoms with Crippen molar-refractivity contribution in [1.29, 1.82) is 0 Å². The van der Waals surface area contributed by atoms with Crippen molar-refractivity contribution >= 4 is 17.3 Å². The molecule has 0 saturated heterocycles. The fourth-order valence-electron chi connectivity index (χ4n) is 4.08. The molecule has 1 aromatic heterocycles. The van der Waals surface area contributed by atoms with Gasteiger partial charge < -0.3 is 28.7 Å². The lowest BCUT2D eigenvalue weighted by molar-refractivity contribution is 0.0491. The summed E-state index contributed by atoms with van der Waals surface area (Å²) in [5, 5.41) is 3.49. The highest BCUT2D eigenvalue weighted by Crippen LogP contribution is 2.43. The topological polar surface area (TPSA) is 79.2 Å². The Bertz CT molecular complexity index is 1410. The van der Waals surface area contributed by atoms with Crippen molar-refractivity contribution in [2.75, 3.05) is 25.1 Å². The lowest BCUT2D eigenvalue weighted by Crippen LogP contribution is -2.15. The molecule has 0 amide bonds. The van der Waals surface area contributed by atoms with Gasteiger partial charge >= 0.3 is 5.97 Å². The largest absolute Gasteiger partial charge is 0.486 e. The second kappa shape index (κ2) is 10.7. The monoisotopic (exact) mass is 499 g/mol. The third-order valence-electron chi connectivity index (χ3n) is 5.93. The van der Waals surface area contributed by atoms with Crippen molar-refractivity contribution in [3.63, 3.8) is 0 Å². The van der Waals surface area contributed by atoms with Crippen molar-refractivity contribution < 1.29 is 28.2 Å². The number of hydrogen-bond acceptors (Lipinski definition) is 7. The highest BCUT2D eigenvalue weighted by molar-refractivity contribution is 5.88. The first-order valence-corrected chi connectivity index (χ1v) is 12.4. The van der Waals surface area contributed by atoms with E-state index in [1.54, 1.807) is 19.1 Å². The third kappa shape index (κ3) is 5.40. The van der Waals surface area contributed by atoms with Gasteiger partial charge in [0, 0.05) is 16.9 Å². The minimum absolute atomic E-state index is 0.138. The normalized spacial score (nSPS) is 12.3. The van der Waals surface area contributed by atoms with Crippen LogP contribution in [0.4, 0.5) is 11.4 Å². The lowest BCUT2D eigenvalue weighted by atomic mass is 10.0. The van der Waals surface area contributed by atoms with E-state index in [0.29, 0.717) is 47.9 Å². The first-order chi connectivity index (χ1) is 18.0. The van der Waals surface area contributed by atoms with Gasteiger partial charge in [0.05, 0.1) is 6.61 Å². The number of furan rings is 1. The third-order valence-corrected chi connectivity index (χ3v) is 5.93. The first-order valence-electron chi connectivity index (χ1n) is 12.4. The number of carbonyl (C=O) groups is 1. The van der Waals surface area contributed by atoms with Gasteiger partial charge in [-0.15, -0.1) is 0 Å². The molecule has 4 aromatic rings. The molecule has 0 spiro atoms. The Labute approximate surface area is 215 Å². The Morgan fingerprint density at radius 1 is 0.973 bits per heavy atom. The van der Waals surface area contributed by atoms with Crippen molar-refractivity contribution in [3.8, 4) is 34.3 Å². The molecule has 0 fully saturated rings. The number of nitrogens with one attached hydrogen (secondary N) is 1. The predicted octanol–water partition coefficient (Wildman–Crippen LogP) is 7.55. The summed E-state index contributed by atoms with van der Waals surface area (Å²) >= 11 is 0. The Morgan fingerprint density at radius 3 is 2.65 bits per heavy atom. The summed E-state index contributed by atoms with van der Waals surface area (Å²) in [7, 11) is 0. The van der Waals surface area contributed by atoms with E-state index in [1.807, 2.05) is 48.5 Å². The number of rotatable bonds is 8. The van der Waals surface area contributed by atoms with Crippen molar-refractivity contribution in [3.05, 3.63) is 84.1 Å². The van der Waals surface area contributed by atoms with Gasteiger partial charge in [-0.3, -0.25) is 0 Å². The lowest BCUT2D eigenvalue weighted by Gasteiger charge is -2.21. The van der Waals surface area contributed by atoms with Gasteiger partial charge in [-0.05, 0) is 73.0 Å². The highest BCUT2D eigenvalue weighted by atomic mass is 16.6. The summed E-state index contributed by atoms with van der Waals surface area (Å²) in [5.74, 6) is 2.89. The molecule has 0 radical (unpaired) electrons. The van der Waals surface area contributed by atoms with Crippen LogP contribution in [0.5, 0.6) is 23.0 Å². The maximum Gasteiger partial charge on any atom is 0.374 e. The van der Waals surface area contributed by atoms with Gasteiger partial charge in [-0.1, -0.05) is 32.0 Å². The van der Waals surface area contributed by atoms with Gasteiger partial charge in [0.1, 0.15) is 24.7 Å². The van der Waals surface area contributed by atoms with E-state index in [0.717, 1.165) is 16.9 Å². The summed E-state index contributed by atoms with van der Waals surface area (Å²) in [5.41, 5.74) is 3.70. The second-order valence-corrected chi connectivity index (χ2v) is 8.88. The molecule has 0 saturated carbocycles. The Kier molecular flexibility index (Phi) is 7.03. The van der Waals surface area contributed by atoms with Crippen LogP contribution in [0.1, 0.15) is 42.8 Å². The zero-order valence-corrected chi connectivity index (χ0v) is 21.1. The number of fused-ring (bicyclic) bond motifs is 1. The molecule has 3 aromatic carbocycles. The smallest absolute Gasteiger partial charge is 0.374 e. The molecular formula is C30H29NO6. The Morgan fingerprint density at radius 2 is 1.81 bits per heavy atom. The van der Waals surface area contributed by atoms with E-state index in [2.05, 4.69) is 31.3 Å². The Hall–Kier alpha value is -4.39. The minimum atomic E-state index is -0.506. The zero-order chi connectivity index (χ0) is 25.8. The highest BCUT2D eigenvalue weighted by Gasteiger charge is 2.20. The number of anilines is 2. The molecule has 37 heavy (non-hydrogen) atoms. The van der Waals surface area contributed by atoms with E-state index in [1.165, 1.54) is 5.56 Å². The molecule has 190 valence electrons. The minimum Gasteiger partial charge on any atom is -0.486 e. The van der Waals surface area contributed by atoms with Crippen LogP contribution in [0.15, 0.2) is 77.2 Å². The van der Waals surface area contributed by atoms with Crippen LogP contribution in [0.2, 0.25) is 0 Å². The average molecular weight is 500 g/mol. The summed E-state index contributed by atoms with van der Waals surface area (Å²) < 4.78 is 28.7. The van der Waals surface area contributed by atoms with Gasteiger partial charge in [-0.2, -0.15) is 0 Å². The SMILES string of the molecule is CCOC(=O)c1ccc(-c2cc(Oc3cccc4c3OCCO4)ccc2Nc2cccc(C(C)C)c2)o1. The van der Waals surface area contributed by atoms with E-state index in [-0.39, 0.29) is 12.4 Å². The molecule has 0 aliphatic carbocycles. The quantitative estimate of drug-likeness (QED) is 0.251. The van der Waals surface area contributed by atoms with Crippen LogP contribution in [0.25, 0.3) is 11.3 Å². The fourth-order valence-corrected chi connectivity index (χ4v) is 4.08. The van der Waals surface area contributed by atoms with Gasteiger partial charge in [-0.25, -0.2) is 4.79 Å². The molecule has 1 N–H and O–H groups in total. The molecule has 0 bridgehead atoms. The Balaban J connectivity index is 1.51. The van der Waals surface area contributed by atoms with Crippen LogP contribution in [0, 0.1) is 0 Å². The average Bonchev–Trinajstić information content (AvgIpc) is 3.40. The van der Waals surface area contributed by atoms with Crippen molar-refractivity contribution in [2.45, 2.75) is 26.7 Å². The first kappa shape index (κ1) is 24.3.